The van der Waals surface area contributed by atoms with Crippen LogP contribution in [0.25, 0.3) is 11.3 Å². The summed E-state index contributed by atoms with van der Waals surface area (Å²) in [5.41, 5.74) is 2.73. The van der Waals surface area contributed by atoms with Gasteiger partial charge in [0.05, 0.1) is 11.4 Å². The van der Waals surface area contributed by atoms with Gasteiger partial charge in [0.25, 0.3) is 0 Å². The van der Waals surface area contributed by atoms with E-state index >= 15 is 0 Å². The van der Waals surface area contributed by atoms with E-state index in [1.807, 2.05) is 54.6 Å². The molecule has 1 heterocycles. The molecule has 2 aromatic carbocycles. The highest BCUT2D eigenvalue weighted by Gasteiger charge is 2.27. The van der Waals surface area contributed by atoms with E-state index in [1.165, 1.54) is 0 Å². The molecule has 0 bridgehead atoms. The molecule has 118 valence electrons. The second kappa shape index (κ2) is 5.66. The van der Waals surface area contributed by atoms with Crippen molar-refractivity contribution in [2.24, 2.45) is 5.16 Å². The summed E-state index contributed by atoms with van der Waals surface area (Å²) in [4.78, 5) is 34.0. The summed E-state index contributed by atoms with van der Waals surface area (Å²) < 4.78 is 0. The van der Waals surface area contributed by atoms with Crippen molar-refractivity contribution in [2.75, 3.05) is 0 Å². The fraction of sp³-hybridized carbons (Fsp3) is 0.0556. The van der Waals surface area contributed by atoms with Crippen LogP contribution in [0.1, 0.15) is 16.8 Å². The number of benzene rings is 2. The summed E-state index contributed by atoms with van der Waals surface area (Å²) in [6.45, 7) is 0.315. The zero-order valence-corrected chi connectivity index (χ0v) is 12.6. The largest absolute Gasteiger partial charge is 0.390 e. The minimum Gasteiger partial charge on any atom is -0.390 e. The molecular formula is C18H13N3O3. The van der Waals surface area contributed by atoms with Crippen molar-refractivity contribution >= 4 is 5.71 Å². The van der Waals surface area contributed by atoms with E-state index in [1.54, 1.807) is 0 Å². The van der Waals surface area contributed by atoms with E-state index in [4.69, 9.17) is 4.84 Å². The average molecular weight is 319 g/mol. The molecule has 0 spiro atoms. The van der Waals surface area contributed by atoms with Crippen LogP contribution >= 0.6 is 0 Å². The molecule has 0 fully saturated rings. The second-order valence-electron chi connectivity index (χ2n) is 5.40. The van der Waals surface area contributed by atoms with Crippen LogP contribution in [-0.4, -0.2) is 15.7 Å². The van der Waals surface area contributed by atoms with E-state index in [2.05, 4.69) is 15.1 Å². The molecule has 6 heteroatoms. The topological polar surface area (TPSA) is 87.3 Å². The Morgan fingerprint density at radius 2 is 1.42 bits per heavy atom. The number of hydrogen-bond donors (Lipinski definition) is 2. The van der Waals surface area contributed by atoms with Gasteiger partial charge in [-0.05, 0) is 5.56 Å². The summed E-state index contributed by atoms with van der Waals surface area (Å²) in [5.74, 6) is 0. The molecule has 4 rings (SSSR count). The lowest BCUT2D eigenvalue weighted by Crippen LogP contribution is -2.31. The number of aromatic nitrogens is 2. The van der Waals surface area contributed by atoms with Gasteiger partial charge in [0.15, 0.2) is 0 Å². The quantitative estimate of drug-likeness (QED) is 0.447. The smallest absolute Gasteiger partial charge is 0.314 e. The lowest BCUT2D eigenvalue weighted by Gasteiger charge is -2.03. The third-order valence-corrected chi connectivity index (χ3v) is 3.85. The number of oxime groups is 1. The van der Waals surface area contributed by atoms with Gasteiger partial charge in [0.1, 0.15) is 12.3 Å². The molecule has 0 aliphatic heterocycles. The Kier molecular flexibility index (Phi) is 3.35. The van der Waals surface area contributed by atoms with Gasteiger partial charge in [-0.2, -0.15) is 0 Å². The highest BCUT2D eigenvalue weighted by Crippen LogP contribution is 2.32. The summed E-state index contributed by atoms with van der Waals surface area (Å²) in [6.07, 6.45) is 0. The number of aromatic amines is 2. The van der Waals surface area contributed by atoms with Gasteiger partial charge in [-0.3, -0.25) is 9.59 Å². The van der Waals surface area contributed by atoms with Crippen LogP contribution in [0.3, 0.4) is 0 Å². The molecule has 3 aromatic rings. The minimum absolute atomic E-state index is 0.315. The molecule has 1 aliphatic carbocycles. The molecule has 0 radical (unpaired) electrons. The zero-order valence-electron chi connectivity index (χ0n) is 12.6. The molecule has 6 nitrogen and oxygen atoms in total. The number of rotatable bonds is 3. The molecule has 0 amide bonds. The van der Waals surface area contributed by atoms with Gasteiger partial charge in [-0.25, -0.2) is 0 Å². The molecule has 24 heavy (non-hydrogen) atoms. The Morgan fingerprint density at radius 3 is 2.17 bits per heavy atom. The molecular weight excluding hydrogens is 306 g/mol. The molecule has 2 N–H and O–H groups in total. The molecule has 0 unspecified atom stereocenters. The van der Waals surface area contributed by atoms with Crippen molar-refractivity contribution in [1.29, 1.82) is 0 Å². The Hall–Kier alpha value is -3.41. The molecule has 0 saturated carbocycles. The number of nitrogens with one attached hydrogen (secondary N) is 2. The third kappa shape index (κ3) is 2.34. The first-order valence-electron chi connectivity index (χ1n) is 7.44. The first kappa shape index (κ1) is 14.2. The van der Waals surface area contributed by atoms with E-state index in [-0.39, 0.29) is 0 Å². The van der Waals surface area contributed by atoms with Gasteiger partial charge in [0.2, 0.25) is 0 Å². The van der Waals surface area contributed by atoms with E-state index in [9.17, 15) is 9.59 Å². The van der Waals surface area contributed by atoms with Gasteiger partial charge in [-0.15, -0.1) is 0 Å². The number of hydrogen-bond acceptors (Lipinski definition) is 4. The van der Waals surface area contributed by atoms with Crippen molar-refractivity contribution in [3.05, 3.63) is 92.1 Å². The number of nitrogens with zero attached hydrogens (tertiary/aromatic N) is 1. The summed E-state index contributed by atoms with van der Waals surface area (Å²) in [5, 5.41) is 4.20. The number of H-pyrrole nitrogens is 2. The van der Waals surface area contributed by atoms with Gasteiger partial charge in [-0.1, -0.05) is 59.8 Å². The Morgan fingerprint density at radius 1 is 0.792 bits per heavy atom. The van der Waals surface area contributed by atoms with E-state index in [0.29, 0.717) is 23.7 Å². The van der Waals surface area contributed by atoms with Gasteiger partial charge in [0, 0.05) is 11.1 Å². The SMILES string of the molecule is O=c1[nH]c2c([nH]c1=O)-c1ccccc1C2=NOCc1ccccc1. The third-order valence-electron chi connectivity index (χ3n) is 3.85. The predicted octanol–water partition coefficient (Wildman–Crippen LogP) is 2.01. The van der Waals surface area contributed by atoms with Crippen molar-refractivity contribution in [1.82, 2.24) is 9.97 Å². The van der Waals surface area contributed by atoms with Crippen molar-refractivity contribution < 1.29 is 4.84 Å². The van der Waals surface area contributed by atoms with Crippen LogP contribution in [0.4, 0.5) is 0 Å². The molecule has 0 saturated heterocycles. The fourth-order valence-electron chi connectivity index (χ4n) is 2.73. The zero-order chi connectivity index (χ0) is 16.5. The minimum atomic E-state index is -0.711. The lowest BCUT2D eigenvalue weighted by molar-refractivity contribution is 0.131. The predicted molar refractivity (Wildman–Crippen MR) is 90.0 cm³/mol. The van der Waals surface area contributed by atoms with Crippen LogP contribution in [0.2, 0.25) is 0 Å². The molecule has 1 aliphatic rings. The normalized spacial score (nSPS) is 13.6. The fourth-order valence-corrected chi connectivity index (χ4v) is 2.73. The van der Waals surface area contributed by atoms with Crippen LogP contribution in [0.15, 0.2) is 69.3 Å². The average Bonchev–Trinajstić information content (AvgIpc) is 2.90. The van der Waals surface area contributed by atoms with Crippen LogP contribution < -0.4 is 11.1 Å². The van der Waals surface area contributed by atoms with Crippen LogP contribution in [0, 0.1) is 0 Å². The number of fused-ring (bicyclic) bond motifs is 3. The van der Waals surface area contributed by atoms with Crippen molar-refractivity contribution in [2.45, 2.75) is 6.61 Å². The second-order valence-corrected chi connectivity index (χ2v) is 5.40. The molecule has 0 atom stereocenters. The van der Waals surface area contributed by atoms with Gasteiger partial charge < -0.3 is 14.8 Å². The monoisotopic (exact) mass is 319 g/mol. The maximum absolute atomic E-state index is 11.7. The van der Waals surface area contributed by atoms with Crippen molar-refractivity contribution in [3.63, 3.8) is 0 Å². The van der Waals surface area contributed by atoms with Crippen molar-refractivity contribution in [3.8, 4) is 11.3 Å². The summed E-state index contributed by atoms with van der Waals surface area (Å²) in [7, 11) is 0. The lowest BCUT2D eigenvalue weighted by atomic mass is 10.1. The standard InChI is InChI=1S/C18H13N3O3/c22-17-18(23)20-16-14(19-17)12-8-4-5-9-13(12)15(16)21-24-10-11-6-2-1-3-7-11/h1-9H,10H2,(H,19,22)(H,20,23). The highest BCUT2D eigenvalue weighted by molar-refractivity contribution is 6.22. The van der Waals surface area contributed by atoms with E-state index in [0.717, 1.165) is 16.7 Å². The maximum Gasteiger partial charge on any atom is 0.314 e. The van der Waals surface area contributed by atoms with Crippen LogP contribution in [0.5, 0.6) is 0 Å². The maximum atomic E-state index is 11.7. The summed E-state index contributed by atoms with van der Waals surface area (Å²) >= 11 is 0. The Labute approximate surface area is 136 Å². The Bertz CT molecular complexity index is 1050. The van der Waals surface area contributed by atoms with Gasteiger partial charge >= 0.3 is 11.1 Å². The van der Waals surface area contributed by atoms with E-state index < -0.39 is 11.1 Å². The highest BCUT2D eigenvalue weighted by atomic mass is 16.6. The molecule has 1 aromatic heterocycles. The Balaban J connectivity index is 1.76. The van der Waals surface area contributed by atoms with Crippen LogP contribution in [-0.2, 0) is 11.4 Å². The summed E-state index contributed by atoms with van der Waals surface area (Å²) in [6, 6.07) is 17.1. The first-order valence-corrected chi connectivity index (χ1v) is 7.44. The first-order chi connectivity index (χ1) is 11.7.